The predicted octanol–water partition coefficient (Wildman–Crippen LogP) is 3.28. The number of fused-ring (bicyclic) bond motifs is 1. The van der Waals surface area contributed by atoms with Crippen LogP contribution in [-0.2, 0) is 11.3 Å². The number of ether oxygens (including phenoxy) is 1. The predicted molar refractivity (Wildman–Crippen MR) is 90.8 cm³/mol. The van der Waals surface area contributed by atoms with Crippen molar-refractivity contribution < 1.29 is 9.53 Å². The average molecular weight is 343 g/mol. The second-order valence-electron chi connectivity index (χ2n) is 5.22. The number of carbonyl (C=O) groups excluding carboxylic acids is 1. The molecule has 0 aliphatic carbocycles. The van der Waals surface area contributed by atoms with Gasteiger partial charge in [0, 0.05) is 6.54 Å². The highest BCUT2D eigenvalue weighted by atomic mass is 35.5. The third-order valence-electron chi connectivity index (χ3n) is 3.48. The lowest BCUT2D eigenvalue weighted by Gasteiger charge is -2.08. The van der Waals surface area contributed by atoms with Crippen LogP contribution >= 0.6 is 11.6 Å². The highest BCUT2D eigenvalue weighted by Crippen LogP contribution is 2.17. The molecule has 0 aliphatic heterocycles. The van der Waals surface area contributed by atoms with Crippen molar-refractivity contribution in [3.8, 4) is 0 Å². The molecule has 3 rings (SSSR count). The van der Waals surface area contributed by atoms with E-state index in [4.69, 9.17) is 16.3 Å². The van der Waals surface area contributed by atoms with Gasteiger partial charge in [-0.3, -0.25) is 0 Å². The number of rotatable bonds is 6. The molecule has 0 aliphatic rings. The first kappa shape index (κ1) is 16.1. The molecule has 0 saturated carbocycles. The van der Waals surface area contributed by atoms with Gasteiger partial charge in [-0.25, -0.2) is 19.7 Å². The summed E-state index contributed by atoms with van der Waals surface area (Å²) in [5, 5.41) is 0.328. The summed E-state index contributed by atoms with van der Waals surface area (Å²) in [7, 11) is 0. The minimum atomic E-state index is -0.357. The van der Waals surface area contributed by atoms with Crippen molar-refractivity contribution in [2.75, 3.05) is 6.61 Å². The SMILES string of the molecule is C=C(CCn1cnc2c(Cl)ncnc21)COC(=O)c1ccccc1. The van der Waals surface area contributed by atoms with Crippen LogP contribution < -0.4 is 0 Å². The largest absolute Gasteiger partial charge is 0.458 e. The van der Waals surface area contributed by atoms with Gasteiger partial charge in [-0.05, 0) is 24.1 Å². The van der Waals surface area contributed by atoms with Crippen molar-refractivity contribution in [2.24, 2.45) is 0 Å². The fourth-order valence-electron chi connectivity index (χ4n) is 2.19. The van der Waals surface area contributed by atoms with Gasteiger partial charge < -0.3 is 9.30 Å². The van der Waals surface area contributed by atoms with Crippen LogP contribution in [0.25, 0.3) is 11.2 Å². The lowest BCUT2D eigenvalue weighted by molar-refractivity contribution is 0.0537. The van der Waals surface area contributed by atoms with Crippen LogP contribution in [0.1, 0.15) is 16.8 Å². The van der Waals surface area contributed by atoms with Gasteiger partial charge in [0.1, 0.15) is 18.5 Å². The maximum Gasteiger partial charge on any atom is 0.338 e. The lowest BCUT2D eigenvalue weighted by atomic mass is 10.2. The summed E-state index contributed by atoms with van der Waals surface area (Å²) in [5.41, 5.74) is 2.57. The monoisotopic (exact) mass is 342 g/mol. The number of benzene rings is 1. The number of carbonyl (C=O) groups is 1. The molecular formula is C17H15ClN4O2. The fourth-order valence-corrected chi connectivity index (χ4v) is 2.37. The van der Waals surface area contributed by atoms with E-state index in [9.17, 15) is 4.79 Å². The van der Waals surface area contributed by atoms with E-state index >= 15 is 0 Å². The van der Waals surface area contributed by atoms with E-state index < -0.39 is 0 Å². The topological polar surface area (TPSA) is 69.9 Å². The highest BCUT2D eigenvalue weighted by Gasteiger charge is 2.10. The summed E-state index contributed by atoms with van der Waals surface area (Å²) in [5.74, 6) is -0.357. The van der Waals surface area contributed by atoms with Gasteiger partial charge in [-0.15, -0.1) is 0 Å². The number of nitrogens with zero attached hydrogens (tertiary/aromatic N) is 4. The van der Waals surface area contributed by atoms with Gasteiger partial charge in [0.2, 0.25) is 0 Å². The lowest BCUT2D eigenvalue weighted by Crippen LogP contribution is -2.09. The summed E-state index contributed by atoms with van der Waals surface area (Å²) in [4.78, 5) is 24.2. The second-order valence-corrected chi connectivity index (χ2v) is 5.57. The second kappa shape index (κ2) is 7.23. The Kier molecular flexibility index (Phi) is 4.86. The number of halogens is 1. The average Bonchev–Trinajstić information content (AvgIpc) is 3.03. The number of imidazole rings is 1. The molecule has 0 fully saturated rings. The minimum absolute atomic E-state index is 0.177. The van der Waals surface area contributed by atoms with Crippen molar-refractivity contribution in [1.82, 2.24) is 19.5 Å². The Hall–Kier alpha value is -2.73. The first-order valence-electron chi connectivity index (χ1n) is 7.35. The van der Waals surface area contributed by atoms with Gasteiger partial charge in [0.15, 0.2) is 10.8 Å². The molecule has 0 spiro atoms. The first-order valence-corrected chi connectivity index (χ1v) is 7.73. The standard InChI is InChI=1S/C17H15ClN4O2/c1-12(9-24-17(23)13-5-3-2-4-6-13)7-8-22-11-21-14-15(18)19-10-20-16(14)22/h2-6,10-11H,1,7-9H2. The summed E-state index contributed by atoms with van der Waals surface area (Å²) < 4.78 is 7.12. The summed E-state index contributed by atoms with van der Waals surface area (Å²) in [6, 6.07) is 8.87. The molecule has 0 N–H and O–H groups in total. The summed E-state index contributed by atoms with van der Waals surface area (Å²) in [6.45, 7) is 4.74. The Bertz CT molecular complexity index is 877. The van der Waals surface area contributed by atoms with E-state index in [1.165, 1.54) is 6.33 Å². The normalized spacial score (nSPS) is 10.7. The molecule has 1 aromatic carbocycles. The molecule has 0 amide bonds. The molecule has 0 radical (unpaired) electrons. The number of aryl methyl sites for hydroxylation is 1. The zero-order valence-electron chi connectivity index (χ0n) is 12.9. The van der Waals surface area contributed by atoms with Crippen LogP contribution in [0.5, 0.6) is 0 Å². The van der Waals surface area contributed by atoms with E-state index in [0.717, 1.165) is 5.57 Å². The Labute approximate surface area is 143 Å². The quantitative estimate of drug-likeness (QED) is 0.390. The summed E-state index contributed by atoms with van der Waals surface area (Å²) >= 11 is 5.97. The number of hydrogen-bond donors (Lipinski definition) is 0. The maximum absolute atomic E-state index is 11.9. The molecule has 2 aromatic heterocycles. The van der Waals surface area contributed by atoms with E-state index in [0.29, 0.717) is 34.8 Å². The van der Waals surface area contributed by atoms with E-state index in [1.54, 1.807) is 30.6 Å². The summed E-state index contributed by atoms with van der Waals surface area (Å²) in [6.07, 6.45) is 3.70. The van der Waals surface area contributed by atoms with Gasteiger partial charge in [0.05, 0.1) is 11.9 Å². The fraction of sp³-hybridized carbons (Fsp3) is 0.176. The third kappa shape index (κ3) is 3.60. The van der Waals surface area contributed by atoms with Crippen molar-refractivity contribution >= 4 is 28.7 Å². The molecule has 3 aromatic rings. The van der Waals surface area contributed by atoms with Crippen LogP contribution in [-0.4, -0.2) is 32.1 Å². The van der Waals surface area contributed by atoms with Crippen LogP contribution in [0.2, 0.25) is 5.15 Å². The molecule has 0 atom stereocenters. The van der Waals surface area contributed by atoms with E-state index in [2.05, 4.69) is 21.5 Å². The van der Waals surface area contributed by atoms with Crippen LogP contribution in [0.4, 0.5) is 0 Å². The highest BCUT2D eigenvalue weighted by molar-refractivity contribution is 6.33. The molecule has 0 unspecified atom stereocenters. The van der Waals surface area contributed by atoms with Crippen molar-refractivity contribution in [2.45, 2.75) is 13.0 Å². The number of hydrogen-bond acceptors (Lipinski definition) is 5. The smallest absolute Gasteiger partial charge is 0.338 e. The molecule has 0 bridgehead atoms. The molecule has 2 heterocycles. The molecule has 24 heavy (non-hydrogen) atoms. The molecule has 6 nitrogen and oxygen atoms in total. The Balaban J connectivity index is 1.54. The molecule has 0 saturated heterocycles. The Morgan fingerprint density at radius 1 is 1.21 bits per heavy atom. The van der Waals surface area contributed by atoms with Crippen molar-refractivity contribution in [3.05, 3.63) is 65.9 Å². The van der Waals surface area contributed by atoms with E-state index in [-0.39, 0.29) is 12.6 Å². The van der Waals surface area contributed by atoms with Crippen LogP contribution in [0, 0.1) is 0 Å². The van der Waals surface area contributed by atoms with Gasteiger partial charge in [-0.2, -0.15) is 0 Å². The maximum atomic E-state index is 11.9. The van der Waals surface area contributed by atoms with Gasteiger partial charge in [0.25, 0.3) is 0 Å². The third-order valence-corrected chi connectivity index (χ3v) is 3.76. The van der Waals surface area contributed by atoms with Gasteiger partial charge >= 0.3 is 5.97 Å². The first-order chi connectivity index (χ1) is 11.6. The van der Waals surface area contributed by atoms with Crippen LogP contribution in [0.15, 0.2) is 55.1 Å². The zero-order chi connectivity index (χ0) is 16.9. The molecule has 7 heteroatoms. The van der Waals surface area contributed by atoms with E-state index in [1.807, 2.05) is 10.6 Å². The van der Waals surface area contributed by atoms with Gasteiger partial charge in [-0.1, -0.05) is 36.4 Å². The van der Waals surface area contributed by atoms with Crippen molar-refractivity contribution in [3.63, 3.8) is 0 Å². The Morgan fingerprint density at radius 3 is 2.79 bits per heavy atom. The Morgan fingerprint density at radius 2 is 2.00 bits per heavy atom. The zero-order valence-corrected chi connectivity index (χ0v) is 13.6. The molecular weight excluding hydrogens is 328 g/mol. The number of aromatic nitrogens is 4. The molecule has 122 valence electrons. The van der Waals surface area contributed by atoms with Crippen LogP contribution in [0.3, 0.4) is 0 Å². The minimum Gasteiger partial charge on any atom is -0.458 e. The number of esters is 1. The van der Waals surface area contributed by atoms with Crippen molar-refractivity contribution in [1.29, 1.82) is 0 Å².